The number of hydrogen-bond acceptors (Lipinski definition) is 2. The number of rotatable bonds is 2. The molecule has 0 aromatic heterocycles. The van der Waals surface area contributed by atoms with Crippen LogP contribution in [0.5, 0.6) is 0 Å². The molecule has 68 valence electrons. The summed E-state index contributed by atoms with van der Waals surface area (Å²) in [6.07, 6.45) is 4.15. The maximum absolute atomic E-state index is 9.75. The molecule has 3 N–H and O–H groups in total. The molecule has 0 spiro atoms. The maximum Gasteiger partial charge on any atom is 0.503 e. The first kappa shape index (κ1) is 12.9. The van der Waals surface area contributed by atoms with Crippen molar-refractivity contribution in [1.82, 2.24) is 0 Å². The summed E-state index contributed by atoms with van der Waals surface area (Å²) in [6.45, 7) is 1.83. The predicted octanol–water partition coefficient (Wildman–Crippen LogP) is 1.43. The highest BCUT2D eigenvalue weighted by molar-refractivity contribution is 5.80. The van der Waals surface area contributed by atoms with Crippen LogP contribution in [0.1, 0.15) is 6.92 Å². The molecule has 0 saturated carbocycles. The van der Waals surface area contributed by atoms with E-state index < -0.39 is 12.1 Å². The van der Waals surface area contributed by atoms with Crippen molar-refractivity contribution in [3.8, 4) is 0 Å². The molecular weight excluding hydrogens is 164 g/mol. The SMILES string of the molecule is CC=CC=CC(=O)O.O=C(O)O. The average Bonchev–Trinajstić information content (AvgIpc) is 1.86. The fourth-order valence-corrected chi connectivity index (χ4v) is 0.249. The molecule has 0 unspecified atom stereocenters. The zero-order valence-electron chi connectivity index (χ0n) is 6.47. The Morgan fingerprint density at radius 2 is 1.50 bits per heavy atom. The molecular formula is C7H10O5. The topological polar surface area (TPSA) is 94.8 Å². The van der Waals surface area contributed by atoms with Crippen LogP contribution in [-0.4, -0.2) is 27.4 Å². The van der Waals surface area contributed by atoms with Gasteiger partial charge in [-0.2, -0.15) is 0 Å². The minimum Gasteiger partial charge on any atom is -0.478 e. The molecule has 0 rings (SSSR count). The summed E-state index contributed by atoms with van der Waals surface area (Å²) < 4.78 is 0. The maximum atomic E-state index is 9.75. The highest BCUT2D eigenvalue weighted by Gasteiger charge is 1.78. The molecule has 0 atom stereocenters. The molecule has 12 heavy (non-hydrogen) atoms. The van der Waals surface area contributed by atoms with Gasteiger partial charge in [0.05, 0.1) is 0 Å². The van der Waals surface area contributed by atoms with Gasteiger partial charge in [0, 0.05) is 6.08 Å². The van der Waals surface area contributed by atoms with Gasteiger partial charge in [-0.05, 0) is 6.92 Å². The van der Waals surface area contributed by atoms with Gasteiger partial charge in [0.15, 0.2) is 0 Å². The Hall–Kier alpha value is -1.78. The van der Waals surface area contributed by atoms with Crippen molar-refractivity contribution in [2.45, 2.75) is 6.92 Å². The van der Waals surface area contributed by atoms with Crippen LogP contribution in [0.2, 0.25) is 0 Å². The Balaban J connectivity index is 0. The summed E-state index contributed by atoms with van der Waals surface area (Å²) in [5.74, 6) is -0.914. The summed E-state index contributed by atoms with van der Waals surface area (Å²) in [5.41, 5.74) is 0. The third kappa shape index (κ3) is 41.3. The zero-order valence-corrected chi connectivity index (χ0v) is 6.47. The normalized spacial score (nSPS) is 9.42. The average molecular weight is 174 g/mol. The predicted molar refractivity (Wildman–Crippen MR) is 42.2 cm³/mol. The molecule has 0 heterocycles. The Labute approximate surface area is 69.3 Å². The fourth-order valence-electron chi connectivity index (χ4n) is 0.249. The van der Waals surface area contributed by atoms with Crippen LogP contribution >= 0.6 is 0 Å². The van der Waals surface area contributed by atoms with Crippen molar-refractivity contribution < 1.29 is 24.9 Å². The van der Waals surface area contributed by atoms with Gasteiger partial charge in [-0.15, -0.1) is 0 Å². The second kappa shape index (κ2) is 9.22. The quantitative estimate of drug-likeness (QED) is 0.434. The van der Waals surface area contributed by atoms with Crippen LogP contribution < -0.4 is 0 Å². The Bertz CT molecular complexity index is 188. The molecule has 5 heteroatoms. The third-order valence-electron chi connectivity index (χ3n) is 0.542. The fraction of sp³-hybridized carbons (Fsp3) is 0.143. The lowest BCUT2D eigenvalue weighted by atomic mass is 10.4. The molecule has 0 radical (unpaired) electrons. The summed E-state index contributed by atoms with van der Waals surface area (Å²) in [7, 11) is 0. The van der Waals surface area contributed by atoms with Gasteiger partial charge in [0.25, 0.3) is 0 Å². The third-order valence-corrected chi connectivity index (χ3v) is 0.542. The Morgan fingerprint density at radius 1 is 1.08 bits per heavy atom. The molecule has 0 amide bonds. The number of carbonyl (C=O) groups is 2. The minimum absolute atomic E-state index is 0.914. The first-order chi connectivity index (χ1) is 5.50. The van der Waals surface area contributed by atoms with Crippen LogP contribution in [-0.2, 0) is 4.79 Å². The Kier molecular flexibility index (Phi) is 9.88. The smallest absolute Gasteiger partial charge is 0.478 e. The van der Waals surface area contributed by atoms with Gasteiger partial charge in [-0.1, -0.05) is 18.2 Å². The van der Waals surface area contributed by atoms with E-state index in [1.165, 1.54) is 6.08 Å². The molecule has 0 aromatic rings. The standard InChI is InChI=1S/C6H8O2.CH2O3/c1-2-3-4-5-6(7)8;2-1(3)4/h2-5H,1H3,(H,7,8);(H2,2,3,4). The van der Waals surface area contributed by atoms with E-state index in [0.29, 0.717) is 0 Å². The molecule has 5 nitrogen and oxygen atoms in total. The van der Waals surface area contributed by atoms with Crippen molar-refractivity contribution in [3.05, 3.63) is 24.3 Å². The summed E-state index contributed by atoms with van der Waals surface area (Å²) in [6, 6.07) is 0. The van der Waals surface area contributed by atoms with Crippen LogP contribution in [0.25, 0.3) is 0 Å². The van der Waals surface area contributed by atoms with E-state index in [0.717, 1.165) is 6.08 Å². The molecule has 0 saturated heterocycles. The number of allylic oxidation sites excluding steroid dienone is 3. The summed E-state index contributed by atoms with van der Waals surface area (Å²) >= 11 is 0. The van der Waals surface area contributed by atoms with Gasteiger partial charge < -0.3 is 15.3 Å². The first-order valence-corrected chi connectivity index (χ1v) is 2.95. The van der Waals surface area contributed by atoms with E-state index in [-0.39, 0.29) is 0 Å². The van der Waals surface area contributed by atoms with E-state index in [1.807, 2.05) is 6.92 Å². The van der Waals surface area contributed by atoms with E-state index in [4.69, 9.17) is 20.1 Å². The van der Waals surface area contributed by atoms with Crippen LogP contribution in [0, 0.1) is 0 Å². The highest BCUT2D eigenvalue weighted by atomic mass is 16.6. The molecule has 0 aliphatic heterocycles. The lowest BCUT2D eigenvalue weighted by Gasteiger charge is -1.72. The number of aliphatic carboxylic acids is 1. The van der Waals surface area contributed by atoms with Crippen molar-refractivity contribution in [3.63, 3.8) is 0 Å². The number of carboxylic acids is 1. The molecule has 0 aliphatic carbocycles. The summed E-state index contributed by atoms with van der Waals surface area (Å²) in [4.78, 5) is 18.3. The van der Waals surface area contributed by atoms with Crippen LogP contribution in [0.15, 0.2) is 24.3 Å². The van der Waals surface area contributed by atoms with Gasteiger partial charge in [0.2, 0.25) is 0 Å². The van der Waals surface area contributed by atoms with Crippen molar-refractivity contribution in [2.75, 3.05) is 0 Å². The van der Waals surface area contributed by atoms with Gasteiger partial charge >= 0.3 is 12.1 Å². The van der Waals surface area contributed by atoms with Crippen molar-refractivity contribution in [2.24, 2.45) is 0 Å². The number of hydrogen-bond donors (Lipinski definition) is 3. The van der Waals surface area contributed by atoms with E-state index in [1.54, 1.807) is 12.2 Å². The largest absolute Gasteiger partial charge is 0.503 e. The first-order valence-electron chi connectivity index (χ1n) is 2.95. The number of carboxylic acid groups (broad SMARTS) is 3. The van der Waals surface area contributed by atoms with E-state index in [2.05, 4.69) is 0 Å². The van der Waals surface area contributed by atoms with E-state index >= 15 is 0 Å². The summed E-state index contributed by atoms with van der Waals surface area (Å²) in [5, 5.41) is 22.0. The van der Waals surface area contributed by atoms with Gasteiger partial charge in [-0.25, -0.2) is 9.59 Å². The molecule has 0 bridgehead atoms. The molecule has 0 aromatic carbocycles. The second-order valence-electron chi connectivity index (χ2n) is 1.51. The monoisotopic (exact) mass is 174 g/mol. The van der Waals surface area contributed by atoms with Crippen LogP contribution in [0.4, 0.5) is 4.79 Å². The Morgan fingerprint density at radius 3 is 1.75 bits per heavy atom. The van der Waals surface area contributed by atoms with Crippen molar-refractivity contribution in [1.29, 1.82) is 0 Å². The van der Waals surface area contributed by atoms with Crippen LogP contribution in [0.3, 0.4) is 0 Å². The highest BCUT2D eigenvalue weighted by Crippen LogP contribution is 1.74. The lowest BCUT2D eigenvalue weighted by Crippen LogP contribution is -1.83. The lowest BCUT2D eigenvalue weighted by molar-refractivity contribution is -0.131. The van der Waals surface area contributed by atoms with E-state index in [9.17, 15) is 4.79 Å². The zero-order chi connectivity index (χ0) is 9.98. The molecule has 0 fully saturated rings. The molecule has 0 aliphatic rings. The minimum atomic E-state index is -1.83. The van der Waals surface area contributed by atoms with Crippen molar-refractivity contribution >= 4 is 12.1 Å². The van der Waals surface area contributed by atoms with Gasteiger partial charge in [-0.3, -0.25) is 0 Å². The second-order valence-corrected chi connectivity index (χ2v) is 1.51. The van der Waals surface area contributed by atoms with Gasteiger partial charge in [0.1, 0.15) is 0 Å².